The number of para-hydroxylation sites is 2. The first-order chi connectivity index (χ1) is 15.2. The van der Waals surface area contributed by atoms with Gasteiger partial charge in [0.1, 0.15) is 0 Å². The van der Waals surface area contributed by atoms with Crippen LogP contribution in [-0.2, 0) is 21.1 Å². The van der Waals surface area contributed by atoms with E-state index in [-0.39, 0.29) is 23.1 Å². The minimum atomic E-state index is -3.36. The van der Waals surface area contributed by atoms with Crippen LogP contribution >= 0.6 is 11.6 Å². The number of halogens is 1. The molecule has 3 rings (SSSR count). The van der Waals surface area contributed by atoms with Gasteiger partial charge in [-0.05, 0) is 55.8 Å². The second-order valence-electron chi connectivity index (χ2n) is 7.44. The predicted octanol–water partition coefficient (Wildman–Crippen LogP) is 4.96. The molecule has 2 N–H and O–H groups in total. The van der Waals surface area contributed by atoms with Crippen LogP contribution in [0.5, 0.6) is 0 Å². The van der Waals surface area contributed by atoms with E-state index in [0.717, 1.165) is 0 Å². The third-order valence-corrected chi connectivity index (χ3v) is 7.31. The Morgan fingerprint density at radius 3 is 2.00 bits per heavy atom. The Labute approximate surface area is 192 Å². The molecule has 0 unspecified atom stereocenters. The van der Waals surface area contributed by atoms with Gasteiger partial charge in [-0.3, -0.25) is 9.59 Å². The zero-order valence-electron chi connectivity index (χ0n) is 17.6. The van der Waals surface area contributed by atoms with Crippen molar-refractivity contribution < 1.29 is 18.0 Å². The topological polar surface area (TPSA) is 92.3 Å². The summed E-state index contributed by atoms with van der Waals surface area (Å²) in [5.74, 6) is -0.692. The maximum Gasteiger partial charge on any atom is 0.257 e. The fourth-order valence-electron chi connectivity index (χ4n) is 2.99. The normalized spacial score (nSPS) is 11.2. The summed E-state index contributed by atoms with van der Waals surface area (Å²) in [6.45, 7) is 3.25. The number of rotatable bonds is 7. The molecule has 3 aromatic carbocycles. The van der Waals surface area contributed by atoms with Crippen molar-refractivity contribution in [2.45, 2.75) is 30.4 Å². The summed E-state index contributed by atoms with van der Waals surface area (Å²) < 4.78 is 24.5. The number of hydrogen-bond donors (Lipinski definition) is 2. The molecule has 8 heteroatoms. The highest BCUT2D eigenvalue weighted by Crippen LogP contribution is 2.24. The lowest BCUT2D eigenvalue weighted by atomic mass is 10.1. The van der Waals surface area contributed by atoms with E-state index in [4.69, 9.17) is 11.6 Å². The number of carbonyl (C=O) groups is 2. The average Bonchev–Trinajstić information content (AvgIpc) is 2.75. The molecule has 0 radical (unpaired) electrons. The molecular formula is C24H23ClN2O4S. The number of sulfone groups is 1. The molecule has 32 heavy (non-hydrogen) atoms. The second-order valence-corrected chi connectivity index (χ2v) is 10.4. The van der Waals surface area contributed by atoms with Crippen molar-refractivity contribution in [3.8, 4) is 0 Å². The van der Waals surface area contributed by atoms with E-state index >= 15 is 0 Å². The number of nitrogens with one attached hydrogen (secondary N) is 2. The van der Waals surface area contributed by atoms with Gasteiger partial charge < -0.3 is 10.6 Å². The van der Waals surface area contributed by atoms with Gasteiger partial charge in [-0.2, -0.15) is 0 Å². The van der Waals surface area contributed by atoms with Crippen molar-refractivity contribution in [1.29, 1.82) is 0 Å². The van der Waals surface area contributed by atoms with E-state index in [2.05, 4.69) is 10.6 Å². The van der Waals surface area contributed by atoms with Gasteiger partial charge in [-0.15, -0.1) is 0 Å². The maximum absolute atomic E-state index is 12.6. The predicted molar refractivity (Wildman–Crippen MR) is 127 cm³/mol. The first-order valence-corrected chi connectivity index (χ1v) is 11.9. The summed E-state index contributed by atoms with van der Waals surface area (Å²) in [5.41, 5.74) is 1.87. The Morgan fingerprint density at radius 1 is 0.844 bits per heavy atom. The summed E-state index contributed by atoms with van der Waals surface area (Å²) in [6, 6.07) is 19.8. The molecule has 0 aliphatic heterocycles. The molecule has 0 bridgehead atoms. The molecule has 0 heterocycles. The van der Waals surface area contributed by atoms with Gasteiger partial charge in [0.25, 0.3) is 5.91 Å². The quantitative estimate of drug-likeness (QED) is 0.510. The number of anilines is 2. The number of benzene rings is 3. The Morgan fingerprint density at radius 2 is 1.41 bits per heavy atom. The van der Waals surface area contributed by atoms with Crippen molar-refractivity contribution in [2.75, 3.05) is 10.6 Å². The Bertz CT molecular complexity index is 1240. The molecule has 0 aliphatic rings. The zero-order chi connectivity index (χ0) is 23.3. The van der Waals surface area contributed by atoms with Crippen molar-refractivity contribution in [2.24, 2.45) is 0 Å². The fraction of sp³-hybridized carbons (Fsp3) is 0.167. The number of amides is 2. The standard InChI is InChI=1S/C24H23ClN2O4S/c1-16(2)32(30,31)18-13-11-17(12-14-18)15-23(28)26-21-9-5-6-10-22(21)27-24(29)19-7-3-4-8-20(19)25/h3-14,16H,15H2,1-2H3,(H,26,28)(H,27,29). The number of carbonyl (C=O) groups excluding carboxylic acids is 2. The number of hydrogen-bond acceptors (Lipinski definition) is 4. The molecule has 0 atom stereocenters. The summed E-state index contributed by atoms with van der Waals surface area (Å²) in [5, 5.41) is 5.36. The van der Waals surface area contributed by atoms with E-state index in [9.17, 15) is 18.0 Å². The van der Waals surface area contributed by atoms with E-state index in [0.29, 0.717) is 27.5 Å². The van der Waals surface area contributed by atoms with Crippen LogP contribution in [0.1, 0.15) is 29.8 Å². The first kappa shape index (κ1) is 23.5. The highest BCUT2D eigenvalue weighted by molar-refractivity contribution is 7.92. The van der Waals surface area contributed by atoms with Crippen LogP contribution in [0.4, 0.5) is 11.4 Å². The highest BCUT2D eigenvalue weighted by Gasteiger charge is 2.19. The second kappa shape index (κ2) is 9.97. The third-order valence-electron chi connectivity index (χ3n) is 4.81. The first-order valence-electron chi connectivity index (χ1n) is 9.96. The minimum Gasteiger partial charge on any atom is -0.324 e. The Balaban J connectivity index is 1.70. The summed E-state index contributed by atoms with van der Waals surface area (Å²) in [4.78, 5) is 25.4. The molecule has 2 amide bonds. The van der Waals surface area contributed by atoms with Crippen LogP contribution in [0.25, 0.3) is 0 Å². The molecule has 166 valence electrons. The van der Waals surface area contributed by atoms with Gasteiger partial charge in [0.2, 0.25) is 5.91 Å². The molecule has 0 saturated carbocycles. The van der Waals surface area contributed by atoms with Gasteiger partial charge >= 0.3 is 0 Å². The molecule has 0 fully saturated rings. The summed E-state index contributed by atoms with van der Waals surface area (Å²) in [7, 11) is -3.36. The lowest BCUT2D eigenvalue weighted by Gasteiger charge is -2.13. The molecule has 3 aromatic rings. The summed E-state index contributed by atoms with van der Waals surface area (Å²) >= 11 is 6.09. The van der Waals surface area contributed by atoms with Crippen LogP contribution < -0.4 is 10.6 Å². The fourth-order valence-corrected chi connectivity index (χ4v) is 4.27. The molecular weight excluding hydrogens is 448 g/mol. The monoisotopic (exact) mass is 470 g/mol. The Hall–Kier alpha value is -3.16. The van der Waals surface area contributed by atoms with Gasteiger partial charge in [0.15, 0.2) is 9.84 Å². The van der Waals surface area contributed by atoms with Crippen LogP contribution in [-0.4, -0.2) is 25.5 Å². The highest BCUT2D eigenvalue weighted by atomic mass is 35.5. The van der Waals surface area contributed by atoms with Gasteiger partial charge in [-0.1, -0.05) is 48.0 Å². The van der Waals surface area contributed by atoms with Crippen LogP contribution in [0.2, 0.25) is 5.02 Å². The van der Waals surface area contributed by atoms with Crippen molar-refractivity contribution in [1.82, 2.24) is 0 Å². The SMILES string of the molecule is CC(C)S(=O)(=O)c1ccc(CC(=O)Nc2ccccc2NC(=O)c2ccccc2Cl)cc1. The maximum atomic E-state index is 12.6. The molecule has 0 aromatic heterocycles. The lowest BCUT2D eigenvalue weighted by Crippen LogP contribution is -2.18. The van der Waals surface area contributed by atoms with Crippen molar-refractivity contribution in [3.63, 3.8) is 0 Å². The van der Waals surface area contributed by atoms with Gasteiger partial charge in [-0.25, -0.2) is 8.42 Å². The third kappa shape index (κ3) is 5.55. The molecule has 6 nitrogen and oxygen atoms in total. The van der Waals surface area contributed by atoms with Crippen molar-refractivity contribution >= 4 is 44.6 Å². The molecule has 0 spiro atoms. The smallest absolute Gasteiger partial charge is 0.257 e. The van der Waals surface area contributed by atoms with Gasteiger partial charge in [0, 0.05) is 0 Å². The zero-order valence-corrected chi connectivity index (χ0v) is 19.2. The van der Waals surface area contributed by atoms with Crippen LogP contribution in [0.15, 0.2) is 77.7 Å². The van der Waals surface area contributed by atoms with Crippen LogP contribution in [0.3, 0.4) is 0 Å². The summed E-state index contributed by atoms with van der Waals surface area (Å²) in [6.07, 6.45) is 0.0504. The minimum absolute atomic E-state index is 0.0504. The van der Waals surface area contributed by atoms with E-state index in [1.807, 2.05) is 0 Å². The largest absolute Gasteiger partial charge is 0.324 e. The van der Waals surface area contributed by atoms with E-state index < -0.39 is 15.1 Å². The Kier molecular flexibility index (Phi) is 7.33. The average molecular weight is 471 g/mol. The van der Waals surface area contributed by atoms with Crippen molar-refractivity contribution in [3.05, 3.63) is 88.9 Å². The lowest BCUT2D eigenvalue weighted by molar-refractivity contribution is -0.115. The molecule has 0 saturated heterocycles. The van der Waals surface area contributed by atoms with E-state index in [1.54, 1.807) is 74.5 Å². The van der Waals surface area contributed by atoms with E-state index in [1.165, 1.54) is 12.1 Å². The van der Waals surface area contributed by atoms with Gasteiger partial charge in [0.05, 0.1) is 38.5 Å². The molecule has 0 aliphatic carbocycles. The van der Waals surface area contributed by atoms with Crippen LogP contribution in [0, 0.1) is 0 Å².